The zero-order chi connectivity index (χ0) is 20.0. The van der Waals surface area contributed by atoms with Gasteiger partial charge in [-0.2, -0.15) is 14.4 Å². The highest BCUT2D eigenvalue weighted by molar-refractivity contribution is 5.81. The van der Waals surface area contributed by atoms with E-state index < -0.39 is 42.0 Å². The van der Waals surface area contributed by atoms with Crippen LogP contribution in [0.25, 0.3) is 11.2 Å². The summed E-state index contributed by atoms with van der Waals surface area (Å²) in [6.45, 7) is 4.53. The minimum Gasteiger partial charge on any atom is -0.458 e. The normalized spacial score (nSPS) is 25.5. The van der Waals surface area contributed by atoms with Gasteiger partial charge < -0.3 is 20.3 Å². The van der Waals surface area contributed by atoms with Crippen LogP contribution in [-0.2, 0) is 14.3 Å². The molecule has 1 aliphatic rings. The second-order valence-electron chi connectivity index (χ2n) is 7.35. The summed E-state index contributed by atoms with van der Waals surface area (Å²) >= 11 is 0. The van der Waals surface area contributed by atoms with Crippen LogP contribution in [0.4, 0.5) is 10.2 Å². The van der Waals surface area contributed by atoms with E-state index in [9.17, 15) is 14.3 Å². The molecule has 0 amide bonds. The first-order valence-electron chi connectivity index (χ1n) is 8.24. The van der Waals surface area contributed by atoms with Gasteiger partial charge in [0.15, 0.2) is 22.6 Å². The average molecular weight is 377 g/mol. The van der Waals surface area contributed by atoms with Gasteiger partial charge in [0.05, 0.1) is 18.3 Å². The zero-order valence-corrected chi connectivity index (χ0v) is 15.1. The first kappa shape index (κ1) is 19.0. The Balaban J connectivity index is 1.98. The van der Waals surface area contributed by atoms with E-state index in [1.807, 2.05) is 0 Å². The van der Waals surface area contributed by atoms with Crippen molar-refractivity contribution in [2.45, 2.75) is 45.1 Å². The van der Waals surface area contributed by atoms with Crippen LogP contribution in [-0.4, -0.2) is 48.9 Å². The fourth-order valence-electron chi connectivity index (χ4n) is 2.79. The van der Waals surface area contributed by atoms with Crippen molar-refractivity contribution in [3.63, 3.8) is 0 Å². The molecule has 2 aromatic heterocycles. The van der Waals surface area contributed by atoms with Gasteiger partial charge in [0, 0.05) is 6.42 Å². The van der Waals surface area contributed by atoms with Crippen LogP contribution in [0, 0.1) is 23.8 Å². The topological polar surface area (TPSA) is 125 Å². The van der Waals surface area contributed by atoms with Crippen LogP contribution in [0.2, 0.25) is 0 Å². The molecule has 1 saturated heterocycles. The van der Waals surface area contributed by atoms with Crippen LogP contribution >= 0.6 is 0 Å². The Morgan fingerprint density at radius 2 is 2.30 bits per heavy atom. The number of terminal acetylenes is 1. The van der Waals surface area contributed by atoms with E-state index in [0.717, 1.165) is 0 Å². The maximum Gasteiger partial charge on any atom is 0.312 e. The Morgan fingerprint density at radius 3 is 2.89 bits per heavy atom. The number of hydrogen-bond donors (Lipinski definition) is 2. The summed E-state index contributed by atoms with van der Waals surface area (Å²) in [6.07, 6.45) is 4.32. The monoisotopic (exact) mass is 377 g/mol. The molecule has 0 aliphatic carbocycles. The number of nitrogen functional groups attached to an aromatic ring is 1. The summed E-state index contributed by atoms with van der Waals surface area (Å²) in [5.41, 5.74) is 3.67. The molecule has 10 heteroatoms. The number of aliphatic hydroxyl groups is 1. The minimum absolute atomic E-state index is 0.108. The fourth-order valence-corrected chi connectivity index (χ4v) is 2.79. The molecule has 0 radical (unpaired) electrons. The number of carbonyl (C=O) groups excluding carboxylic acids is 1. The number of aliphatic hydroxyl groups excluding tert-OH is 1. The number of anilines is 1. The van der Waals surface area contributed by atoms with Crippen molar-refractivity contribution in [3.05, 3.63) is 12.4 Å². The average Bonchev–Trinajstić information content (AvgIpc) is 3.15. The Bertz CT molecular complexity index is 932. The Morgan fingerprint density at radius 1 is 1.59 bits per heavy atom. The van der Waals surface area contributed by atoms with Gasteiger partial charge in [-0.05, 0) is 20.8 Å². The Hall–Kier alpha value is -2.77. The van der Waals surface area contributed by atoms with Crippen LogP contribution in [0.5, 0.6) is 0 Å². The lowest BCUT2D eigenvalue weighted by molar-refractivity contribution is -0.167. The van der Waals surface area contributed by atoms with E-state index in [-0.39, 0.29) is 23.4 Å². The van der Waals surface area contributed by atoms with Crippen molar-refractivity contribution in [2.24, 2.45) is 5.41 Å². The van der Waals surface area contributed by atoms with Crippen LogP contribution in [0.3, 0.4) is 0 Å². The lowest BCUT2D eigenvalue weighted by Crippen LogP contribution is -2.45. The van der Waals surface area contributed by atoms with Gasteiger partial charge in [0.2, 0.25) is 0 Å². The van der Waals surface area contributed by atoms with Gasteiger partial charge >= 0.3 is 12.0 Å². The number of esters is 1. The zero-order valence-electron chi connectivity index (χ0n) is 15.1. The largest absolute Gasteiger partial charge is 0.458 e. The lowest BCUT2D eigenvalue weighted by atomic mass is 9.95. The molecule has 3 rings (SSSR count). The van der Waals surface area contributed by atoms with Gasteiger partial charge in [-0.25, -0.2) is 4.98 Å². The van der Waals surface area contributed by atoms with Gasteiger partial charge in [-0.3, -0.25) is 9.36 Å². The maximum atomic E-state index is 13.6. The smallest absolute Gasteiger partial charge is 0.312 e. The number of aromatic nitrogens is 4. The SMILES string of the molecule is C#CC1(CO)OC(n2cnc3c(N)nc(F)nc32)CC1OC(=O)C(C)(C)C. The van der Waals surface area contributed by atoms with Gasteiger partial charge in [-0.1, -0.05) is 5.92 Å². The third-order valence-corrected chi connectivity index (χ3v) is 4.35. The van der Waals surface area contributed by atoms with Crippen molar-refractivity contribution in [2.75, 3.05) is 12.3 Å². The van der Waals surface area contributed by atoms with Gasteiger partial charge in [0.25, 0.3) is 0 Å². The highest BCUT2D eigenvalue weighted by Gasteiger charge is 2.51. The molecule has 144 valence electrons. The maximum absolute atomic E-state index is 13.6. The highest BCUT2D eigenvalue weighted by Crippen LogP contribution is 2.40. The molecule has 3 unspecified atom stereocenters. The third kappa shape index (κ3) is 3.20. The molecule has 3 N–H and O–H groups in total. The summed E-state index contributed by atoms with van der Waals surface area (Å²) in [5.74, 6) is 1.78. The predicted molar refractivity (Wildman–Crippen MR) is 92.4 cm³/mol. The fraction of sp³-hybridized carbons (Fsp3) is 0.529. The van der Waals surface area contributed by atoms with Crippen molar-refractivity contribution in [3.8, 4) is 12.3 Å². The second-order valence-corrected chi connectivity index (χ2v) is 7.35. The van der Waals surface area contributed by atoms with E-state index in [0.29, 0.717) is 0 Å². The van der Waals surface area contributed by atoms with E-state index in [1.165, 1.54) is 10.9 Å². The van der Waals surface area contributed by atoms with Gasteiger partial charge in [-0.15, -0.1) is 6.42 Å². The van der Waals surface area contributed by atoms with Crippen molar-refractivity contribution >= 4 is 23.0 Å². The number of nitrogens with two attached hydrogens (primary N) is 1. The minimum atomic E-state index is -1.54. The molecule has 1 fully saturated rings. The van der Waals surface area contributed by atoms with Crippen molar-refractivity contribution in [1.29, 1.82) is 0 Å². The number of imidazole rings is 1. The summed E-state index contributed by atoms with van der Waals surface area (Å²) in [5, 5.41) is 9.83. The molecular formula is C17H20FN5O4. The number of rotatable bonds is 3. The van der Waals surface area contributed by atoms with E-state index >= 15 is 0 Å². The second kappa shape index (κ2) is 6.44. The molecule has 0 saturated carbocycles. The van der Waals surface area contributed by atoms with Gasteiger partial charge in [0.1, 0.15) is 12.3 Å². The van der Waals surface area contributed by atoms with Crippen LogP contribution in [0.1, 0.15) is 33.4 Å². The summed E-state index contributed by atoms with van der Waals surface area (Å²) in [4.78, 5) is 23.5. The molecule has 0 bridgehead atoms. The molecular weight excluding hydrogens is 357 g/mol. The molecule has 3 heterocycles. The molecule has 27 heavy (non-hydrogen) atoms. The van der Waals surface area contributed by atoms with Crippen LogP contribution in [0.15, 0.2) is 6.33 Å². The number of nitrogens with zero attached hydrogens (tertiary/aromatic N) is 4. The van der Waals surface area contributed by atoms with Crippen molar-refractivity contribution in [1.82, 2.24) is 19.5 Å². The van der Waals surface area contributed by atoms with E-state index in [2.05, 4.69) is 20.9 Å². The van der Waals surface area contributed by atoms with Crippen LogP contribution < -0.4 is 5.73 Å². The molecule has 2 aromatic rings. The molecule has 9 nitrogen and oxygen atoms in total. The third-order valence-electron chi connectivity index (χ3n) is 4.35. The highest BCUT2D eigenvalue weighted by atomic mass is 19.1. The number of carbonyl (C=O) groups is 1. The number of halogens is 1. The quantitative estimate of drug-likeness (QED) is 0.457. The van der Waals surface area contributed by atoms with Crippen molar-refractivity contribution < 1.29 is 23.8 Å². The van der Waals surface area contributed by atoms with E-state index in [1.54, 1.807) is 20.8 Å². The van der Waals surface area contributed by atoms with E-state index in [4.69, 9.17) is 21.6 Å². The first-order chi connectivity index (χ1) is 12.6. The molecule has 3 atom stereocenters. The Labute approximate surface area is 154 Å². The Kier molecular flexibility index (Phi) is 4.53. The lowest BCUT2D eigenvalue weighted by Gasteiger charge is -2.29. The number of hydrogen-bond acceptors (Lipinski definition) is 8. The molecule has 0 spiro atoms. The number of ether oxygens (including phenoxy) is 2. The predicted octanol–water partition coefficient (Wildman–Crippen LogP) is 0.789. The summed E-state index contributed by atoms with van der Waals surface area (Å²) in [6, 6.07) is 0. The number of fused-ring (bicyclic) bond motifs is 1. The molecule has 1 aliphatic heterocycles. The first-order valence-corrected chi connectivity index (χ1v) is 8.24. The summed E-state index contributed by atoms with van der Waals surface area (Å²) in [7, 11) is 0. The molecule has 0 aromatic carbocycles. The standard InChI is InChI=1S/C17H20FN5O4/c1-5-17(7-24)9(26-14(25)16(2,3)4)6-10(27-17)23-8-20-11-12(19)21-15(18)22-13(11)23/h1,8-10,24H,6-7H2,2-4H3,(H2,19,21,22). The summed E-state index contributed by atoms with van der Waals surface area (Å²) < 4.78 is 26.4.